The van der Waals surface area contributed by atoms with Gasteiger partial charge >= 0.3 is 5.97 Å². The standard InChI is InChI=1S/C32H34N8O4.C28H29N5O5.CH4/c1-4-27(41)39-17-14-23(20-39)35-29-28-26(13-15-33-30(28)40(37-29)19-21-5-9-24(43-3)10-6-21)44-25-11-7-22(8-12-25)31(42)36-32-34-16-18-38(32)2;1-3-24(34)32-15-13-20(17-32)30-26-25-23(38-22-10-6-19(7-11-22)28(35)36)12-14-29-27(25)33(31-26)16-18-4-8-21(37-2)9-5-18;/h5-13,15-16,18,23H,4,14,17,19-20H2,1-3H3,(H,35,37)(H,34,36,42);4-12,14,20H,3,13,15-17H2,1-2H3,(H,30,31)(H,35,36);1H4/t23-;20-;/m11./s1. The molecule has 430 valence electrons. The summed E-state index contributed by atoms with van der Waals surface area (Å²) in [5.74, 6) is 4.46. The van der Waals surface area contributed by atoms with Gasteiger partial charge in [0.1, 0.15) is 45.3 Å². The zero-order valence-corrected chi connectivity index (χ0v) is 46.1. The number of methoxy groups -OCH3 is 2. The van der Waals surface area contributed by atoms with Gasteiger partial charge in [0.25, 0.3) is 5.91 Å². The number of carbonyl (C=O) groups is 4. The topological polar surface area (TPSA) is 247 Å². The highest BCUT2D eigenvalue weighted by atomic mass is 16.5. The summed E-state index contributed by atoms with van der Waals surface area (Å²) in [6.07, 6.45) is 9.33. The third kappa shape index (κ3) is 13.4. The quantitative estimate of drug-likeness (QED) is 0.0588. The van der Waals surface area contributed by atoms with Gasteiger partial charge in [-0.15, -0.1) is 0 Å². The van der Waals surface area contributed by atoms with Crippen LogP contribution >= 0.6 is 0 Å². The van der Waals surface area contributed by atoms with E-state index in [1.54, 1.807) is 92.1 Å². The van der Waals surface area contributed by atoms with Crippen molar-refractivity contribution in [1.29, 1.82) is 0 Å². The number of pyridine rings is 2. The zero-order chi connectivity index (χ0) is 57.3. The van der Waals surface area contributed by atoms with Gasteiger partial charge in [-0.3, -0.25) is 19.7 Å². The van der Waals surface area contributed by atoms with Gasteiger partial charge in [-0.1, -0.05) is 45.5 Å². The summed E-state index contributed by atoms with van der Waals surface area (Å²) in [6.45, 7) is 7.34. The predicted octanol–water partition coefficient (Wildman–Crippen LogP) is 9.73. The first kappa shape index (κ1) is 57.7. The second-order valence-electron chi connectivity index (χ2n) is 19.7. The summed E-state index contributed by atoms with van der Waals surface area (Å²) in [5, 5.41) is 30.3. The molecule has 9 aromatic rings. The number of aromatic nitrogens is 8. The van der Waals surface area contributed by atoms with E-state index in [2.05, 4.69) is 30.9 Å². The number of amides is 3. The summed E-state index contributed by atoms with van der Waals surface area (Å²) in [4.78, 5) is 65.7. The smallest absolute Gasteiger partial charge is 0.335 e. The number of benzene rings is 4. The molecule has 0 aliphatic carbocycles. The van der Waals surface area contributed by atoms with Gasteiger partial charge < -0.3 is 49.1 Å². The van der Waals surface area contributed by atoms with Crippen LogP contribution in [0.3, 0.4) is 0 Å². The van der Waals surface area contributed by atoms with E-state index in [9.17, 15) is 24.3 Å². The van der Waals surface area contributed by atoms with Crippen LogP contribution in [0.5, 0.6) is 34.5 Å². The van der Waals surface area contributed by atoms with E-state index in [0.717, 1.165) is 40.9 Å². The normalized spacial score (nSPS) is 14.6. The Bertz CT molecular complexity index is 3710. The second kappa shape index (κ2) is 26.1. The van der Waals surface area contributed by atoms with E-state index in [1.165, 1.54) is 12.1 Å². The van der Waals surface area contributed by atoms with Crippen LogP contribution in [-0.4, -0.2) is 130 Å². The molecule has 0 radical (unpaired) electrons. The number of carboxylic acid groups (broad SMARTS) is 1. The maximum absolute atomic E-state index is 12.7. The number of hydrogen-bond acceptors (Lipinski definition) is 15. The fraction of sp³-hybridized carbons (Fsp3) is 0.295. The first-order chi connectivity index (χ1) is 39.9. The third-order valence-corrected chi connectivity index (χ3v) is 14.3. The maximum Gasteiger partial charge on any atom is 0.335 e. The molecule has 2 aliphatic heterocycles. The monoisotopic (exact) mass is 1130 g/mol. The average molecular weight is 1130 g/mol. The Kier molecular flexibility index (Phi) is 18.1. The Morgan fingerprint density at radius 3 is 1.41 bits per heavy atom. The lowest BCUT2D eigenvalue weighted by molar-refractivity contribution is -0.130. The number of nitrogens with one attached hydrogen (secondary N) is 3. The molecule has 2 saturated heterocycles. The highest BCUT2D eigenvalue weighted by Gasteiger charge is 2.30. The lowest BCUT2D eigenvalue weighted by Gasteiger charge is -2.16. The number of fused-ring (bicyclic) bond motifs is 2. The van der Waals surface area contributed by atoms with Gasteiger partial charge in [-0.2, -0.15) is 10.2 Å². The predicted molar refractivity (Wildman–Crippen MR) is 315 cm³/mol. The Morgan fingerprint density at radius 1 is 0.578 bits per heavy atom. The SMILES string of the molecule is C.CCC(=O)N1CC[C@@H](Nc2nn(Cc3ccc(OC)cc3)c3nccc(Oc4ccc(C(=O)Nc5nccn5C)cc4)c23)C1.CCC(=O)N1CC[C@@H](Nc2nn(Cc3ccc(OC)cc3)c3nccc(Oc4ccc(C(=O)O)cc4)c23)C1. The molecular formula is C61H67N13O9. The van der Waals surface area contributed by atoms with Crippen molar-refractivity contribution in [1.82, 2.24) is 48.9 Å². The van der Waals surface area contributed by atoms with Gasteiger partial charge in [0.2, 0.25) is 17.8 Å². The first-order valence-electron chi connectivity index (χ1n) is 27.0. The molecule has 22 nitrogen and oxygen atoms in total. The van der Waals surface area contributed by atoms with Crippen LogP contribution in [0.2, 0.25) is 0 Å². The van der Waals surface area contributed by atoms with Gasteiger partial charge in [0.05, 0.1) is 32.9 Å². The van der Waals surface area contributed by atoms with Crippen molar-refractivity contribution in [3.05, 3.63) is 156 Å². The number of carbonyl (C=O) groups excluding carboxylic acids is 3. The second-order valence-corrected chi connectivity index (χ2v) is 19.7. The van der Waals surface area contributed by atoms with Crippen LogP contribution in [0.1, 0.15) is 78.8 Å². The fourth-order valence-corrected chi connectivity index (χ4v) is 9.84. The number of nitrogens with zero attached hydrogens (tertiary/aromatic N) is 10. The van der Waals surface area contributed by atoms with Gasteiger partial charge in [-0.25, -0.2) is 29.1 Å². The molecule has 2 atom stereocenters. The Labute approximate surface area is 480 Å². The molecule has 22 heteroatoms. The summed E-state index contributed by atoms with van der Waals surface area (Å²) in [6, 6.07) is 32.4. The lowest BCUT2D eigenvalue weighted by Crippen LogP contribution is -2.31. The van der Waals surface area contributed by atoms with Gasteiger partial charge in [0, 0.05) is 101 Å². The summed E-state index contributed by atoms with van der Waals surface area (Å²) in [5.41, 5.74) is 4.02. The van der Waals surface area contributed by atoms with Crippen LogP contribution in [0.4, 0.5) is 17.6 Å². The van der Waals surface area contributed by atoms with E-state index < -0.39 is 5.97 Å². The molecule has 4 N–H and O–H groups in total. The minimum atomic E-state index is -0.999. The van der Waals surface area contributed by atoms with Crippen molar-refractivity contribution in [2.24, 2.45) is 7.05 Å². The molecule has 7 heterocycles. The van der Waals surface area contributed by atoms with Crippen molar-refractivity contribution >= 4 is 63.3 Å². The van der Waals surface area contributed by atoms with E-state index in [-0.39, 0.29) is 42.8 Å². The van der Waals surface area contributed by atoms with Crippen molar-refractivity contribution in [3.63, 3.8) is 0 Å². The number of carboxylic acids is 1. The van der Waals surface area contributed by atoms with Gasteiger partial charge in [0.15, 0.2) is 22.9 Å². The number of aryl methyl sites for hydroxylation is 1. The van der Waals surface area contributed by atoms with Crippen LogP contribution in [0.15, 0.2) is 134 Å². The zero-order valence-electron chi connectivity index (χ0n) is 46.1. The van der Waals surface area contributed by atoms with Crippen molar-refractivity contribution in [2.45, 2.75) is 72.1 Å². The van der Waals surface area contributed by atoms with E-state index in [4.69, 9.17) is 29.1 Å². The number of anilines is 3. The molecule has 0 bridgehead atoms. The molecule has 2 aliphatic rings. The van der Waals surface area contributed by atoms with E-state index in [1.807, 2.05) is 88.6 Å². The van der Waals surface area contributed by atoms with Crippen LogP contribution in [0, 0.1) is 0 Å². The fourth-order valence-electron chi connectivity index (χ4n) is 9.84. The number of ether oxygens (including phenoxy) is 4. The number of hydrogen-bond donors (Lipinski definition) is 4. The molecule has 83 heavy (non-hydrogen) atoms. The molecule has 0 unspecified atom stereocenters. The minimum absolute atomic E-state index is 0. The largest absolute Gasteiger partial charge is 0.497 e. The van der Waals surface area contributed by atoms with E-state index in [0.29, 0.717) is 115 Å². The average Bonchev–Trinajstić information content (AvgIpc) is 2.71. The van der Waals surface area contributed by atoms with Gasteiger partial charge in [-0.05, 0) is 96.8 Å². The van der Waals surface area contributed by atoms with E-state index >= 15 is 0 Å². The van der Waals surface area contributed by atoms with Crippen LogP contribution < -0.4 is 34.9 Å². The molecule has 3 amide bonds. The Balaban J connectivity index is 0.000000199. The maximum atomic E-state index is 12.7. The molecule has 0 spiro atoms. The first-order valence-corrected chi connectivity index (χ1v) is 27.0. The molecule has 2 fully saturated rings. The summed E-state index contributed by atoms with van der Waals surface area (Å²) >= 11 is 0. The van der Waals surface area contributed by atoms with Crippen molar-refractivity contribution in [2.75, 3.05) is 56.3 Å². The molecule has 5 aromatic heterocycles. The lowest BCUT2D eigenvalue weighted by atomic mass is 10.2. The Hall–Kier alpha value is -9.99. The number of aromatic carboxylic acids is 1. The number of imidazole rings is 1. The third-order valence-electron chi connectivity index (χ3n) is 14.3. The number of likely N-dealkylation sites (tertiary alicyclic amines) is 2. The van der Waals surface area contributed by atoms with Crippen molar-refractivity contribution < 1.29 is 43.2 Å². The van der Waals surface area contributed by atoms with Crippen LogP contribution in [-0.2, 0) is 29.7 Å². The Morgan fingerprint density at radius 2 is 1.01 bits per heavy atom. The summed E-state index contributed by atoms with van der Waals surface area (Å²) in [7, 11) is 5.08. The highest BCUT2D eigenvalue weighted by Crippen LogP contribution is 2.37. The molecular weight excluding hydrogens is 1060 g/mol. The number of rotatable bonds is 19. The molecule has 11 rings (SSSR count). The summed E-state index contributed by atoms with van der Waals surface area (Å²) < 4.78 is 28.5. The highest BCUT2D eigenvalue weighted by molar-refractivity contribution is 6.03. The molecule has 4 aromatic carbocycles. The van der Waals surface area contributed by atoms with Crippen LogP contribution in [0.25, 0.3) is 22.1 Å². The van der Waals surface area contributed by atoms with Crippen molar-refractivity contribution in [3.8, 4) is 34.5 Å². The minimum Gasteiger partial charge on any atom is -0.497 e. The molecule has 0 saturated carbocycles.